The Morgan fingerprint density at radius 2 is 2.00 bits per heavy atom. The van der Waals surface area contributed by atoms with Gasteiger partial charge in [-0.1, -0.05) is 35.9 Å². The Morgan fingerprint density at radius 1 is 1.23 bits per heavy atom. The van der Waals surface area contributed by atoms with Crippen LogP contribution in [-0.2, 0) is 24.3 Å². The average molecular weight is 369 g/mol. The highest BCUT2D eigenvalue weighted by Crippen LogP contribution is 2.24. The summed E-state index contributed by atoms with van der Waals surface area (Å²) in [5.41, 5.74) is 8.83. The number of pyridine rings is 1. The van der Waals surface area contributed by atoms with E-state index in [1.807, 2.05) is 29.2 Å². The van der Waals surface area contributed by atoms with E-state index >= 15 is 0 Å². The van der Waals surface area contributed by atoms with Crippen LogP contribution in [0.15, 0.2) is 53.5 Å². The van der Waals surface area contributed by atoms with Gasteiger partial charge in [0.05, 0.1) is 16.8 Å². The summed E-state index contributed by atoms with van der Waals surface area (Å²) >= 11 is 5.94. The minimum atomic E-state index is -0.421. The molecule has 0 radical (unpaired) electrons. The lowest BCUT2D eigenvalue weighted by Crippen LogP contribution is -2.48. The van der Waals surface area contributed by atoms with Crippen molar-refractivity contribution in [3.8, 4) is 0 Å². The van der Waals surface area contributed by atoms with Gasteiger partial charge in [-0.25, -0.2) is 4.98 Å². The molecule has 0 bridgehead atoms. The third kappa shape index (κ3) is 3.09. The number of aromatic nitrogens is 2. The number of nitrogens with two attached hydrogens (primary N) is 1. The van der Waals surface area contributed by atoms with E-state index in [-0.39, 0.29) is 11.5 Å². The van der Waals surface area contributed by atoms with Crippen LogP contribution < -0.4 is 11.3 Å². The lowest BCUT2D eigenvalue weighted by atomic mass is 9.93. The summed E-state index contributed by atoms with van der Waals surface area (Å²) in [5.74, 6) is -0.371. The third-order valence-corrected chi connectivity index (χ3v) is 4.94. The van der Waals surface area contributed by atoms with Crippen molar-refractivity contribution in [2.24, 2.45) is 5.73 Å². The lowest BCUT2D eigenvalue weighted by Gasteiger charge is -2.34. The van der Waals surface area contributed by atoms with Gasteiger partial charge in [0.1, 0.15) is 5.65 Å². The van der Waals surface area contributed by atoms with Crippen molar-refractivity contribution in [3.63, 3.8) is 0 Å². The molecule has 132 valence electrons. The van der Waals surface area contributed by atoms with Crippen LogP contribution in [0.1, 0.15) is 16.8 Å². The standard InChI is InChI=1S/C19H17ClN4O2/c20-14-5-6-17-22-15(8-18(25)24(17)10-14)11-23-9-13-4-2-1-3-12(13)7-16(23)19(21)26/h1-6,8,10,16H,7,9,11H2,(H2,21,26)/t16-/m1/s1. The fraction of sp³-hybridized carbons (Fsp3) is 0.211. The fourth-order valence-corrected chi connectivity index (χ4v) is 3.60. The first kappa shape index (κ1) is 16.8. The second-order valence-electron chi connectivity index (χ2n) is 6.46. The number of halogens is 1. The number of fused-ring (bicyclic) bond motifs is 2. The van der Waals surface area contributed by atoms with E-state index in [2.05, 4.69) is 4.98 Å². The molecule has 0 aliphatic carbocycles. The normalized spacial score (nSPS) is 17.2. The molecule has 1 aliphatic heterocycles. The fourth-order valence-electron chi connectivity index (χ4n) is 3.44. The van der Waals surface area contributed by atoms with E-state index in [1.165, 1.54) is 10.5 Å². The highest BCUT2D eigenvalue weighted by atomic mass is 35.5. The molecule has 2 N–H and O–H groups in total. The van der Waals surface area contributed by atoms with Crippen LogP contribution in [0.4, 0.5) is 0 Å². The Labute approximate surface area is 154 Å². The molecule has 0 saturated heterocycles. The SMILES string of the molecule is NC(=O)[C@H]1Cc2ccccc2CN1Cc1cc(=O)n2cc(Cl)ccc2n1. The van der Waals surface area contributed by atoms with Crippen molar-refractivity contribution >= 4 is 23.2 Å². The second-order valence-corrected chi connectivity index (χ2v) is 6.89. The number of carbonyl (C=O) groups excluding carboxylic acids is 1. The number of hydrogen-bond donors (Lipinski definition) is 1. The zero-order valence-electron chi connectivity index (χ0n) is 13.9. The van der Waals surface area contributed by atoms with E-state index < -0.39 is 6.04 Å². The van der Waals surface area contributed by atoms with Crippen molar-refractivity contribution in [2.75, 3.05) is 0 Å². The number of benzene rings is 1. The molecular weight excluding hydrogens is 352 g/mol. The van der Waals surface area contributed by atoms with Gasteiger partial charge in [-0.2, -0.15) is 0 Å². The molecule has 4 rings (SSSR count). The second kappa shape index (κ2) is 6.55. The Kier molecular flexibility index (Phi) is 4.22. The molecule has 1 amide bonds. The summed E-state index contributed by atoms with van der Waals surface area (Å²) < 4.78 is 1.41. The van der Waals surface area contributed by atoms with Crippen LogP contribution >= 0.6 is 11.6 Å². The Morgan fingerprint density at radius 3 is 2.77 bits per heavy atom. The van der Waals surface area contributed by atoms with E-state index in [1.54, 1.807) is 18.3 Å². The van der Waals surface area contributed by atoms with E-state index in [0.29, 0.717) is 35.9 Å². The molecule has 0 unspecified atom stereocenters. The van der Waals surface area contributed by atoms with E-state index in [9.17, 15) is 9.59 Å². The molecule has 0 spiro atoms. The summed E-state index contributed by atoms with van der Waals surface area (Å²) in [6.07, 6.45) is 2.10. The van der Waals surface area contributed by atoms with Gasteiger partial charge in [0.15, 0.2) is 0 Å². The molecule has 0 saturated carbocycles. The van der Waals surface area contributed by atoms with Gasteiger partial charge < -0.3 is 5.73 Å². The Hall–Kier alpha value is -2.70. The number of primary amides is 1. The predicted molar refractivity (Wildman–Crippen MR) is 98.8 cm³/mol. The zero-order valence-corrected chi connectivity index (χ0v) is 14.7. The summed E-state index contributed by atoms with van der Waals surface area (Å²) in [7, 11) is 0. The van der Waals surface area contributed by atoms with Crippen LogP contribution in [0.25, 0.3) is 5.65 Å². The van der Waals surface area contributed by atoms with Gasteiger partial charge in [0.25, 0.3) is 5.56 Å². The quantitative estimate of drug-likeness (QED) is 0.763. The molecule has 7 heteroatoms. The first-order valence-electron chi connectivity index (χ1n) is 8.29. The van der Waals surface area contributed by atoms with Gasteiger partial charge >= 0.3 is 0 Å². The largest absolute Gasteiger partial charge is 0.368 e. The van der Waals surface area contributed by atoms with Gasteiger partial charge in [-0.3, -0.25) is 18.9 Å². The smallest absolute Gasteiger partial charge is 0.258 e. The molecule has 26 heavy (non-hydrogen) atoms. The number of nitrogens with zero attached hydrogens (tertiary/aromatic N) is 3. The van der Waals surface area contributed by atoms with Crippen LogP contribution in [0.3, 0.4) is 0 Å². The van der Waals surface area contributed by atoms with Crippen LogP contribution in [0, 0.1) is 0 Å². The monoisotopic (exact) mass is 368 g/mol. The maximum Gasteiger partial charge on any atom is 0.258 e. The summed E-state index contributed by atoms with van der Waals surface area (Å²) in [6, 6.07) is 12.4. The van der Waals surface area contributed by atoms with E-state index in [4.69, 9.17) is 17.3 Å². The minimum Gasteiger partial charge on any atom is -0.368 e. The Bertz CT molecular complexity index is 1060. The van der Waals surface area contributed by atoms with Crippen molar-refractivity contribution in [2.45, 2.75) is 25.6 Å². The highest BCUT2D eigenvalue weighted by molar-refractivity contribution is 6.30. The lowest BCUT2D eigenvalue weighted by molar-refractivity contribution is -0.124. The molecule has 1 aliphatic rings. The van der Waals surface area contributed by atoms with Crippen molar-refractivity contribution < 1.29 is 4.79 Å². The number of rotatable bonds is 3. The van der Waals surface area contributed by atoms with Gasteiger partial charge in [-0.05, 0) is 29.7 Å². The third-order valence-electron chi connectivity index (χ3n) is 4.72. The van der Waals surface area contributed by atoms with Crippen molar-refractivity contribution in [1.82, 2.24) is 14.3 Å². The molecule has 0 fully saturated rings. The minimum absolute atomic E-state index is 0.208. The molecule has 1 atom stereocenters. The first-order valence-corrected chi connectivity index (χ1v) is 8.67. The maximum atomic E-state index is 12.4. The first-order chi connectivity index (χ1) is 12.5. The molecule has 2 aromatic heterocycles. The summed E-state index contributed by atoms with van der Waals surface area (Å²) in [5, 5.41) is 0.468. The molecule has 6 nitrogen and oxygen atoms in total. The number of amides is 1. The molecule has 3 heterocycles. The highest BCUT2D eigenvalue weighted by Gasteiger charge is 2.30. The number of carbonyl (C=O) groups is 1. The van der Waals surface area contributed by atoms with Gasteiger partial charge in [0.2, 0.25) is 5.91 Å². The van der Waals surface area contributed by atoms with Crippen LogP contribution in [0.5, 0.6) is 0 Å². The van der Waals surface area contributed by atoms with Crippen molar-refractivity contribution in [1.29, 1.82) is 0 Å². The van der Waals surface area contributed by atoms with Crippen LogP contribution in [0.2, 0.25) is 5.02 Å². The molecule has 1 aromatic carbocycles. The van der Waals surface area contributed by atoms with Crippen molar-refractivity contribution in [3.05, 3.63) is 80.9 Å². The van der Waals surface area contributed by atoms with Gasteiger partial charge in [0, 0.05) is 25.4 Å². The summed E-state index contributed by atoms with van der Waals surface area (Å²) in [6.45, 7) is 0.960. The molecular formula is C19H17ClN4O2. The average Bonchev–Trinajstić information content (AvgIpc) is 2.61. The zero-order chi connectivity index (χ0) is 18.3. The topological polar surface area (TPSA) is 80.7 Å². The van der Waals surface area contributed by atoms with E-state index in [0.717, 1.165) is 11.1 Å². The van der Waals surface area contributed by atoms with Crippen LogP contribution in [-0.4, -0.2) is 26.2 Å². The summed E-state index contributed by atoms with van der Waals surface area (Å²) in [4.78, 5) is 30.8. The predicted octanol–water partition coefficient (Wildman–Crippen LogP) is 1.76. The number of hydrogen-bond acceptors (Lipinski definition) is 4. The Balaban J connectivity index is 1.69. The van der Waals surface area contributed by atoms with Gasteiger partial charge in [-0.15, -0.1) is 0 Å². The molecule has 3 aromatic rings. The maximum absolute atomic E-state index is 12.4.